The van der Waals surface area contributed by atoms with E-state index in [1.54, 1.807) is 10.9 Å². The highest BCUT2D eigenvalue weighted by Gasteiger charge is 2.46. The van der Waals surface area contributed by atoms with Crippen LogP contribution in [0.2, 0.25) is 0 Å². The maximum absolute atomic E-state index is 11.3. The summed E-state index contributed by atoms with van der Waals surface area (Å²) in [5.74, 6) is -0.629. The number of aliphatic hydroxyl groups excluding tert-OH is 2. The standard InChI is InChI=1S/C20H25N5O5S/c1-12(30-31(21,28)29)14-9-16(19(27)18(14)26)25-11-24-17-15(22-10-23-20(17)25)8-7-13-5-3-2-4-6-13/h2-6,10-12,14,16,18-19,26-27H,7-9H2,1H3,(H2,21,28,29)/t12?,14-,16+,18+,19-/m0/s1. The number of hydrogen-bond donors (Lipinski definition) is 3. The van der Waals surface area contributed by atoms with Crippen LogP contribution in [0.1, 0.15) is 30.6 Å². The van der Waals surface area contributed by atoms with Gasteiger partial charge in [-0.15, -0.1) is 0 Å². The van der Waals surface area contributed by atoms with Crippen molar-refractivity contribution in [2.75, 3.05) is 0 Å². The molecule has 3 aromatic rings. The van der Waals surface area contributed by atoms with Gasteiger partial charge in [-0.2, -0.15) is 8.42 Å². The molecule has 11 heteroatoms. The molecule has 166 valence electrons. The monoisotopic (exact) mass is 447 g/mol. The fourth-order valence-corrected chi connectivity index (χ4v) is 4.87. The second kappa shape index (κ2) is 8.60. The van der Waals surface area contributed by atoms with Gasteiger partial charge in [0, 0.05) is 5.92 Å². The van der Waals surface area contributed by atoms with Crippen LogP contribution in [0.3, 0.4) is 0 Å². The molecule has 31 heavy (non-hydrogen) atoms. The fourth-order valence-electron chi connectivity index (χ4n) is 4.30. The second-order valence-corrected chi connectivity index (χ2v) is 9.05. The van der Waals surface area contributed by atoms with E-state index in [1.165, 1.54) is 18.8 Å². The zero-order valence-electron chi connectivity index (χ0n) is 16.9. The largest absolute Gasteiger partial charge is 0.390 e. The molecule has 1 aliphatic rings. The molecular formula is C20H25N5O5S. The Morgan fingerprint density at radius 2 is 1.90 bits per heavy atom. The molecule has 0 radical (unpaired) electrons. The van der Waals surface area contributed by atoms with Gasteiger partial charge in [-0.05, 0) is 31.7 Å². The number of aliphatic hydroxyl groups is 2. The Labute approximate surface area is 180 Å². The molecule has 0 bridgehead atoms. The average Bonchev–Trinajstić information content (AvgIpc) is 3.28. The van der Waals surface area contributed by atoms with E-state index in [9.17, 15) is 18.6 Å². The summed E-state index contributed by atoms with van der Waals surface area (Å²) in [7, 11) is -4.18. The van der Waals surface area contributed by atoms with Gasteiger partial charge in [-0.1, -0.05) is 30.3 Å². The third-order valence-corrected chi connectivity index (χ3v) is 6.44. The van der Waals surface area contributed by atoms with Crippen molar-refractivity contribution in [3.8, 4) is 0 Å². The van der Waals surface area contributed by atoms with E-state index >= 15 is 0 Å². The van der Waals surface area contributed by atoms with E-state index < -0.39 is 40.6 Å². The van der Waals surface area contributed by atoms with Gasteiger partial charge in [0.05, 0.1) is 30.3 Å². The van der Waals surface area contributed by atoms with Crippen LogP contribution in [-0.2, 0) is 27.3 Å². The molecule has 0 aliphatic heterocycles. The van der Waals surface area contributed by atoms with Crippen LogP contribution in [0.25, 0.3) is 11.2 Å². The van der Waals surface area contributed by atoms with Crippen LogP contribution >= 0.6 is 0 Å². The van der Waals surface area contributed by atoms with Crippen molar-refractivity contribution in [2.24, 2.45) is 11.1 Å². The minimum Gasteiger partial charge on any atom is -0.390 e. The molecule has 0 amide bonds. The Bertz CT molecular complexity index is 1150. The highest BCUT2D eigenvalue weighted by Crippen LogP contribution is 2.39. The maximum atomic E-state index is 11.3. The first-order valence-corrected chi connectivity index (χ1v) is 11.5. The molecule has 10 nitrogen and oxygen atoms in total. The molecule has 4 rings (SSSR count). The van der Waals surface area contributed by atoms with E-state index in [2.05, 4.69) is 27.1 Å². The predicted octanol–water partition coefficient (Wildman–Crippen LogP) is 0.503. The number of hydrogen-bond acceptors (Lipinski definition) is 8. The second-order valence-electron chi connectivity index (χ2n) is 7.87. The summed E-state index contributed by atoms with van der Waals surface area (Å²) in [6, 6.07) is 9.51. The topological polar surface area (TPSA) is 153 Å². The van der Waals surface area contributed by atoms with Crippen molar-refractivity contribution in [3.63, 3.8) is 0 Å². The molecule has 1 aromatic carbocycles. The first kappa shape index (κ1) is 21.8. The summed E-state index contributed by atoms with van der Waals surface area (Å²) in [6.07, 6.45) is 1.56. The molecule has 0 spiro atoms. The van der Waals surface area contributed by atoms with Crippen molar-refractivity contribution < 1.29 is 22.8 Å². The summed E-state index contributed by atoms with van der Waals surface area (Å²) in [5.41, 5.74) is 3.17. The fraction of sp³-hybridized carbons (Fsp3) is 0.450. The summed E-state index contributed by atoms with van der Waals surface area (Å²) in [4.78, 5) is 13.2. The van der Waals surface area contributed by atoms with E-state index in [0.717, 1.165) is 12.1 Å². The normalized spacial score (nSPS) is 25.2. The quantitative estimate of drug-likeness (QED) is 0.473. The van der Waals surface area contributed by atoms with Crippen LogP contribution < -0.4 is 5.14 Å². The molecule has 1 aliphatic carbocycles. The molecule has 2 aromatic heterocycles. The zero-order valence-corrected chi connectivity index (χ0v) is 17.8. The van der Waals surface area contributed by atoms with Gasteiger partial charge < -0.3 is 14.8 Å². The van der Waals surface area contributed by atoms with Gasteiger partial charge in [-0.3, -0.25) is 4.18 Å². The smallest absolute Gasteiger partial charge is 0.333 e. The van der Waals surface area contributed by atoms with Crippen LogP contribution in [-0.4, -0.2) is 56.5 Å². The number of aromatic nitrogens is 4. The average molecular weight is 448 g/mol. The van der Waals surface area contributed by atoms with Gasteiger partial charge in [0.15, 0.2) is 5.65 Å². The molecular weight excluding hydrogens is 422 g/mol. The first-order chi connectivity index (χ1) is 14.7. The third-order valence-electron chi connectivity index (χ3n) is 5.87. The van der Waals surface area contributed by atoms with E-state index in [4.69, 9.17) is 9.32 Å². The number of rotatable bonds is 7. The van der Waals surface area contributed by atoms with E-state index in [1.807, 2.05) is 18.2 Å². The summed E-state index contributed by atoms with van der Waals surface area (Å²) in [6.45, 7) is 1.50. The minimum absolute atomic E-state index is 0.272. The van der Waals surface area contributed by atoms with E-state index in [-0.39, 0.29) is 6.42 Å². The van der Waals surface area contributed by atoms with Crippen LogP contribution in [0.4, 0.5) is 0 Å². The van der Waals surface area contributed by atoms with Gasteiger partial charge in [0.2, 0.25) is 0 Å². The lowest BCUT2D eigenvalue weighted by molar-refractivity contribution is -0.0150. The molecule has 5 atom stereocenters. The van der Waals surface area contributed by atoms with Crippen LogP contribution in [0.5, 0.6) is 0 Å². The minimum atomic E-state index is -4.18. The molecule has 1 saturated carbocycles. The number of aryl methyl sites for hydroxylation is 2. The predicted molar refractivity (Wildman–Crippen MR) is 112 cm³/mol. The van der Waals surface area contributed by atoms with Crippen molar-refractivity contribution in [3.05, 3.63) is 54.2 Å². The Kier molecular flexibility index (Phi) is 6.04. The number of nitrogens with zero attached hydrogens (tertiary/aromatic N) is 4. The van der Waals surface area contributed by atoms with E-state index in [0.29, 0.717) is 17.6 Å². The van der Waals surface area contributed by atoms with Gasteiger partial charge in [-0.25, -0.2) is 20.1 Å². The lowest BCUT2D eigenvalue weighted by atomic mass is 10.00. The summed E-state index contributed by atoms with van der Waals surface area (Å²) < 4.78 is 29.0. The van der Waals surface area contributed by atoms with Crippen molar-refractivity contribution in [1.82, 2.24) is 19.5 Å². The van der Waals surface area contributed by atoms with Gasteiger partial charge in [0.1, 0.15) is 17.9 Å². The first-order valence-electron chi connectivity index (χ1n) is 10.0. The van der Waals surface area contributed by atoms with Crippen LogP contribution in [0, 0.1) is 5.92 Å². The Balaban J connectivity index is 1.57. The van der Waals surface area contributed by atoms with Crippen molar-refractivity contribution >= 4 is 21.5 Å². The molecule has 4 N–H and O–H groups in total. The number of benzene rings is 1. The molecule has 1 unspecified atom stereocenters. The van der Waals surface area contributed by atoms with Crippen molar-refractivity contribution in [1.29, 1.82) is 0 Å². The maximum Gasteiger partial charge on any atom is 0.333 e. The molecule has 1 fully saturated rings. The highest BCUT2D eigenvalue weighted by molar-refractivity contribution is 7.84. The number of nitrogens with two attached hydrogens (primary N) is 1. The number of imidazole rings is 1. The SMILES string of the molecule is CC(OS(N)(=O)=O)[C@@H]1C[C@@H](n2cnc3c(CCc4ccccc4)ncnc32)[C@H](O)[C@@H]1O. The Hall–Kier alpha value is -2.44. The van der Waals surface area contributed by atoms with Crippen LogP contribution in [0.15, 0.2) is 43.0 Å². The zero-order chi connectivity index (χ0) is 22.2. The summed E-state index contributed by atoms with van der Waals surface area (Å²) >= 11 is 0. The number of fused-ring (bicyclic) bond motifs is 1. The molecule has 0 saturated heterocycles. The van der Waals surface area contributed by atoms with Crippen molar-refractivity contribution in [2.45, 2.75) is 50.5 Å². The summed E-state index contributed by atoms with van der Waals surface area (Å²) in [5, 5.41) is 26.1. The highest BCUT2D eigenvalue weighted by atomic mass is 32.2. The third kappa shape index (κ3) is 4.60. The molecule has 2 heterocycles. The van der Waals surface area contributed by atoms with Gasteiger partial charge in [0.25, 0.3) is 0 Å². The Morgan fingerprint density at radius 3 is 2.61 bits per heavy atom. The van der Waals surface area contributed by atoms with Gasteiger partial charge >= 0.3 is 10.3 Å². The Morgan fingerprint density at radius 1 is 1.16 bits per heavy atom. The lowest BCUT2D eigenvalue weighted by Gasteiger charge is -2.21. The lowest BCUT2D eigenvalue weighted by Crippen LogP contribution is -2.36.